The average Bonchev–Trinajstić information content (AvgIpc) is 2.71. The summed E-state index contributed by atoms with van der Waals surface area (Å²) in [4.78, 5) is 2.53. The maximum atomic E-state index is 14.1. The molecule has 0 radical (unpaired) electrons. The average molecular weight is 312 g/mol. The van der Waals surface area contributed by atoms with Gasteiger partial charge in [-0.15, -0.1) is 0 Å². The lowest BCUT2D eigenvalue weighted by Crippen LogP contribution is -2.00. The molecule has 21 heavy (non-hydrogen) atoms. The van der Waals surface area contributed by atoms with Crippen molar-refractivity contribution in [2.24, 2.45) is 0 Å². The zero-order chi connectivity index (χ0) is 15.3. The number of aromatic amines is 1. The van der Waals surface area contributed by atoms with Gasteiger partial charge >= 0.3 is 0 Å². The Bertz CT molecular complexity index is 927. The summed E-state index contributed by atoms with van der Waals surface area (Å²) in [5.74, 6) is -3.08. The third-order valence-electron chi connectivity index (χ3n) is 3.18. The molecule has 3 rings (SSSR count). The molecule has 2 aromatic carbocycles. The number of H-pyrrole nitrogens is 1. The molecule has 0 fully saturated rings. The van der Waals surface area contributed by atoms with Gasteiger partial charge in [0.15, 0.2) is 10.6 Å². The second kappa shape index (κ2) is 4.70. The minimum absolute atomic E-state index is 0.000321. The van der Waals surface area contributed by atoms with Gasteiger partial charge in [0, 0.05) is 18.2 Å². The molecule has 7 heteroatoms. The van der Waals surface area contributed by atoms with Gasteiger partial charge in [-0.1, -0.05) is 0 Å². The Labute approximate surface area is 121 Å². The molecular weight excluding hydrogens is 304 g/mol. The number of hydrogen-bond donors (Lipinski definition) is 1. The maximum absolute atomic E-state index is 14.1. The van der Waals surface area contributed by atoms with Crippen molar-refractivity contribution in [3.8, 4) is 5.69 Å². The number of hydrogen-bond acceptors (Lipinski definition) is 1. The molecule has 2 nitrogen and oxygen atoms in total. The van der Waals surface area contributed by atoms with Gasteiger partial charge in [0.1, 0.15) is 23.0 Å². The highest BCUT2D eigenvalue weighted by Gasteiger charge is 2.16. The standard InChI is InChI=1S/C14H8F4N2S/c1-6-2-9(17)11(5-8(6)16)20-12-4-7(15)3-10(18)13(12)19-14(20)21/h2-5H,1H3,(H,19,21). The van der Waals surface area contributed by atoms with E-state index in [0.29, 0.717) is 6.07 Å². The minimum Gasteiger partial charge on any atom is -0.328 e. The van der Waals surface area contributed by atoms with E-state index in [4.69, 9.17) is 12.2 Å². The van der Waals surface area contributed by atoms with Crippen LogP contribution in [-0.4, -0.2) is 9.55 Å². The molecule has 0 unspecified atom stereocenters. The van der Waals surface area contributed by atoms with Crippen LogP contribution in [0.25, 0.3) is 16.7 Å². The van der Waals surface area contributed by atoms with E-state index >= 15 is 0 Å². The topological polar surface area (TPSA) is 20.7 Å². The fourth-order valence-electron chi connectivity index (χ4n) is 2.18. The molecule has 0 atom stereocenters. The smallest absolute Gasteiger partial charge is 0.182 e. The number of halogens is 4. The molecule has 0 spiro atoms. The fraction of sp³-hybridized carbons (Fsp3) is 0.0714. The van der Waals surface area contributed by atoms with Crippen molar-refractivity contribution in [2.45, 2.75) is 6.92 Å². The molecule has 108 valence electrons. The summed E-state index contributed by atoms with van der Waals surface area (Å²) < 4.78 is 55.8. The Morgan fingerprint density at radius 3 is 2.38 bits per heavy atom. The summed E-state index contributed by atoms with van der Waals surface area (Å²) in [5, 5.41) is 0. The predicted octanol–water partition coefficient (Wildman–Crippen LogP) is 4.55. The summed E-state index contributed by atoms with van der Waals surface area (Å²) in [6, 6.07) is 3.63. The first-order valence-corrected chi connectivity index (χ1v) is 6.35. The van der Waals surface area contributed by atoms with Crippen molar-refractivity contribution < 1.29 is 17.6 Å². The van der Waals surface area contributed by atoms with E-state index in [1.165, 1.54) is 6.92 Å². The van der Waals surface area contributed by atoms with Gasteiger partial charge in [0.2, 0.25) is 0 Å². The van der Waals surface area contributed by atoms with E-state index in [1.54, 1.807) is 0 Å². The molecule has 1 heterocycles. The Morgan fingerprint density at radius 2 is 1.67 bits per heavy atom. The van der Waals surface area contributed by atoms with Crippen molar-refractivity contribution >= 4 is 23.3 Å². The Morgan fingerprint density at radius 1 is 0.952 bits per heavy atom. The quantitative estimate of drug-likeness (QED) is 0.516. The van der Waals surface area contributed by atoms with Crippen LogP contribution >= 0.6 is 12.2 Å². The van der Waals surface area contributed by atoms with Crippen LogP contribution in [0.15, 0.2) is 24.3 Å². The van der Waals surface area contributed by atoms with Gasteiger partial charge in [0.05, 0.1) is 11.2 Å². The molecule has 1 N–H and O–H groups in total. The zero-order valence-corrected chi connectivity index (χ0v) is 11.5. The molecular formula is C14H8F4N2S. The van der Waals surface area contributed by atoms with E-state index in [1.807, 2.05) is 0 Å². The highest BCUT2D eigenvalue weighted by molar-refractivity contribution is 7.71. The summed E-state index contributed by atoms with van der Waals surface area (Å²) in [5.41, 5.74) is -0.152. The third kappa shape index (κ3) is 2.13. The van der Waals surface area contributed by atoms with Crippen molar-refractivity contribution in [1.29, 1.82) is 0 Å². The monoisotopic (exact) mass is 312 g/mol. The third-order valence-corrected chi connectivity index (χ3v) is 3.46. The lowest BCUT2D eigenvalue weighted by atomic mass is 10.2. The van der Waals surface area contributed by atoms with Gasteiger partial charge in [-0.05, 0) is 30.8 Å². The van der Waals surface area contributed by atoms with Crippen LogP contribution in [0, 0.1) is 35.0 Å². The van der Waals surface area contributed by atoms with E-state index in [-0.39, 0.29) is 27.1 Å². The van der Waals surface area contributed by atoms with Crippen LogP contribution in [0.1, 0.15) is 5.56 Å². The summed E-state index contributed by atoms with van der Waals surface area (Å²) in [6.07, 6.45) is 0. The largest absolute Gasteiger partial charge is 0.328 e. The number of aryl methyl sites for hydroxylation is 1. The normalized spacial score (nSPS) is 11.3. The van der Waals surface area contributed by atoms with Gasteiger partial charge in [-0.3, -0.25) is 4.57 Å². The van der Waals surface area contributed by atoms with Crippen LogP contribution in [0.2, 0.25) is 0 Å². The molecule has 0 aliphatic rings. The van der Waals surface area contributed by atoms with Crippen LogP contribution in [-0.2, 0) is 0 Å². The summed E-state index contributed by atoms with van der Waals surface area (Å²) >= 11 is 5.00. The van der Waals surface area contributed by atoms with E-state index in [0.717, 1.165) is 22.8 Å². The van der Waals surface area contributed by atoms with E-state index in [2.05, 4.69) is 4.98 Å². The number of benzene rings is 2. The zero-order valence-electron chi connectivity index (χ0n) is 10.7. The number of fused-ring (bicyclic) bond motifs is 1. The van der Waals surface area contributed by atoms with Crippen molar-refractivity contribution in [3.63, 3.8) is 0 Å². The summed E-state index contributed by atoms with van der Waals surface area (Å²) in [7, 11) is 0. The summed E-state index contributed by atoms with van der Waals surface area (Å²) in [6.45, 7) is 1.41. The molecule has 0 aliphatic heterocycles. The number of nitrogens with one attached hydrogen (secondary N) is 1. The van der Waals surface area contributed by atoms with Gasteiger partial charge < -0.3 is 4.98 Å². The van der Waals surface area contributed by atoms with Crippen molar-refractivity contribution in [2.75, 3.05) is 0 Å². The fourth-order valence-corrected chi connectivity index (χ4v) is 2.48. The number of imidazole rings is 1. The lowest BCUT2D eigenvalue weighted by Gasteiger charge is -2.08. The molecule has 0 aliphatic carbocycles. The molecule has 1 aromatic heterocycles. The second-order valence-electron chi connectivity index (χ2n) is 4.60. The van der Waals surface area contributed by atoms with Gasteiger partial charge in [-0.2, -0.15) is 0 Å². The van der Waals surface area contributed by atoms with Crippen LogP contribution < -0.4 is 0 Å². The van der Waals surface area contributed by atoms with Crippen LogP contribution in [0.5, 0.6) is 0 Å². The maximum Gasteiger partial charge on any atom is 0.182 e. The van der Waals surface area contributed by atoms with Crippen LogP contribution in [0.3, 0.4) is 0 Å². The lowest BCUT2D eigenvalue weighted by molar-refractivity contribution is 0.584. The number of rotatable bonds is 1. The Hall–Kier alpha value is -2.15. The van der Waals surface area contributed by atoms with Crippen molar-refractivity contribution in [1.82, 2.24) is 9.55 Å². The van der Waals surface area contributed by atoms with Gasteiger partial charge in [0.25, 0.3) is 0 Å². The molecule has 3 aromatic rings. The first kappa shape index (κ1) is 13.8. The first-order valence-electron chi connectivity index (χ1n) is 5.94. The molecule has 0 bridgehead atoms. The first-order chi connectivity index (χ1) is 9.88. The van der Waals surface area contributed by atoms with Crippen LogP contribution in [0.4, 0.5) is 17.6 Å². The van der Waals surface area contributed by atoms with E-state index in [9.17, 15) is 17.6 Å². The number of nitrogens with zero attached hydrogens (tertiary/aromatic N) is 1. The highest BCUT2D eigenvalue weighted by Crippen LogP contribution is 2.26. The molecule has 0 saturated heterocycles. The predicted molar refractivity (Wildman–Crippen MR) is 73.0 cm³/mol. The molecule has 0 amide bonds. The molecule has 0 saturated carbocycles. The van der Waals surface area contributed by atoms with E-state index < -0.39 is 23.3 Å². The SMILES string of the molecule is Cc1cc(F)c(-n2c(=S)[nH]c3c(F)cc(F)cc32)cc1F. The minimum atomic E-state index is -0.858. The van der Waals surface area contributed by atoms with Gasteiger partial charge in [-0.25, -0.2) is 17.6 Å². The van der Waals surface area contributed by atoms with Crippen molar-refractivity contribution in [3.05, 3.63) is 57.9 Å². The second-order valence-corrected chi connectivity index (χ2v) is 4.99. The Balaban J connectivity index is 2.43. The highest BCUT2D eigenvalue weighted by atomic mass is 32.1. The number of aromatic nitrogens is 2. The Kier molecular flexibility index (Phi) is 3.09.